The van der Waals surface area contributed by atoms with Crippen molar-refractivity contribution in [1.29, 1.82) is 0 Å². The number of methoxy groups -OCH3 is 1. The van der Waals surface area contributed by atoms with E-state index in [0.717, 1.165) is 16.7 Å². The van der Waals surface area contributed by atoms with Crippen LogP contribution in [0.25, 0.3) is 10.9 Å². The number of fused-ring (bicyclic) bond motifs is 1. The van der Waals surface area contributed by atoms with E-state index in [-0.39, 0.29) is 18.2 Å². The summed E-state index contributed by atoms with van der Waals surface area (Å²) in [6, 6.07) is 6.87. The molecule has 0 spiro atoms. The number of nitrogens with one attached hydrogen (secondary N) is 1. The van der Waals surface area contributed by atoms with Gasteiger partial charge in [-0.1, -0.05) is 26.0 Å². The minimum absolute atomic E-state index is 0.163. The second-order valence-electron chi connectivity index (χ2n) is 5.78. The summed E-state index contributed by atoms with van der Waals surface area (Å²) in [4.78, 5) is 23.2. The Hall–Kier alpha value is -2.50. The number of nitrogens with zero attached hydrogens (tertiary/aromatic N) is 1. The minimum atomic E-state index is -1.01. The molecule has 1 atom stereocenters. The Morgan fingerprint density at radius 1 is 1.30 bits per heavy atom. The Balaban J connectivity index is 2.06. The number of aliphatic carboxylic acids is 1. The van der Waals surface area contributed by atoms with Crippen molar-refractivity contribution in [3.8, 4) is 5.75 Å². The van der Waals surface area contributed by atoms with Crippen LogP contribution in [0.5, 0.6) is 5.75 Å². The maximum absolute atomic E-state index is 12.0. The van der Waals surface area contributed by atoms with Crippen LogP contribution in [-0.2, 0) is 16.1 Å². The van der Waals surface area contributed by atoms with Gasteiger partial charge in [-0.3, -0.25) is 4.79 Å². The number of rotatable bonds is 7. The largest absolute Gasteiger partial charge is 0.495 e. The Labute approximate surface area is 135 Å². The van der Waals surface area contributed by atoms with Gasteiger partial charge in [0.15, 0.2) is 0 Å². The zero-order valence-corrected chi connectivity index (χ0v) is 13.6. The maximum atomic E-state index is 12.0. The molecule has 2 rings (SSSR count). The van der Waals surface area contributed by atoms with Gasteiger partial charge in [0.2, 0.25) is 5.91 Å². The van der Waals surface area contributed by atoms with E-state index in [1.807, 2.05) is 35.0 Å². The molecule has 0 radical (unpaired) electrons. The van der Waals surface area contributed by atoms with Crippen molar-refractivity contribution in [3.63, 3.8) is 0 Å². The third-order valence-corrected chi connectivity index (χ3v) is 3.80. The lowest BCUT2D eigenvalue weighted by Gasteiger charge is -2.18. The van der Waals surface area contributed by atoms with Crippen LogP contribution in [0.1, 0.15) is 20.3 Å². The number of carbonyl (C=O) groups is 2. The molecule has 6 heteroatoms. The number of hydrogen-bond donors (Lipinski definition) is 2. The fourth-order valence-electron chi connectivity index (χ4n) is 2.56. The second-order valence-corrected chi connectivity index (χ2v) is 5.78. The average molecular weight is 318 g/mol. The summed E-state index contributed by atoms with van der Waals surface area (Å²) in [7, 11) is 1.61. The topological polar surface area (TPSA) is 80.6 Å². The Morgan fingerprint density at radius 2 is 2.04 bits per heavy atom. The standard InChI is InChI=1S/C17H22N2O4/c1-11(2)15(17(21)22)18-14(20)8-10-19-9-7-12-5-4-6-13(23-3)16(12)19/h4-7,9,11,15H,8,10H2,1-3H3,(H,18,20)(H,21,22)/t15-/m1/s1. The number of aromatic nitrogens is 1. The predicted octanol–water partition coefficient (Wildman–Crippen LogP) is 2.27. The zero-order valence-electron chi connectivity index (χ0n) is 13.6. The first-order valence-corrected chi connectivity index (χ1v) is 7.58. The second kappa shape index (κ2) is 7.17. The summed E-state index contributed by atoms with van der Waals surface area (Å²) in [5, 5.41) is 12.7. The number of para-hydroxylation sites is 1. The zero-order chi connectivity index (χ0) is 17.0. The molecule has 0 saturated carbocycles. The van der Waals surface area contributed by atoms with Crippen LogP contribution in [-0.4, -0.2) is 34.7 Å². The highest BCUT2D eigenvalue weighted by molar-refractivity contribution is 5.86. The van der Waals surface area contributed by atoms with E-state index in [1.54, 1.807) is 21.0 Å². The SMILES string of the molecule is COc1cccc2ccn(CCC(=O)N[C@@H](C(=O)O)C(C)C)c12. The molecule has 0 saturated heterocycles. The highest BCUT2D eigenvalue weighted by atomic mass is 16.5. The molecule has 2 aromatic rings. The molecular weight excluding hydrogens is 296 g/mol. The van der Waals surface area contributed by atoms with Gasteiger partial charge in [-0.25, -0.2) is 4.79 Å². The van der Waals surface area contributed by atoms with Crippen molar-refractivity contribution < 1.29 is 19.4 Å². The molecule has 6 nitrogen and oxygen atoms in total. The van der Waals surface area contributed by atoms with Crippen molar-refractivity contribution >= 4 is 22.8 Å². The molecule has 0 fully saturated rings. The molecule has 1 heterocycles. The highest BCUT2D eigenvalue weighted by Crippen LogP contribution is 2.26. The highest BCUT2D eigenvalue weighted by Gasteiger charge is 2.23. The van der Waals surface area contributed by atoms with Gasteiger partial charge in [0.25, 0.3) is 0 Å². The van der Waals surface area contributed by atoms with E-state index >= 15 is 0 Å². The van der Waals surface area contributed by atoms with Crippen LogP contribution in [0.15, 0.2) is 30.5 Å². The van der Waals surface area contributed by atoms with Crippen molar-refractivity contribution in [2.45, 2.75) is 32.9 Å². The lowest BCUT2D eigenvalue weighted by atomic mass is 10.0. The van der Waals surface area contributed by atoms with Crippen LogP contribution >= 0.6 is 0 Å². The molecule has 0 bridgehead atoms. The number of amides is 1. The molecule has 0 unspecified atom stereocenters. The lowest BCUT2D eigenvalue weighted by Crippen LogP contribution is -2.44. The van der Waals surface area contributed by atoms with Gasteiger partial charge in [0, 0.05) is 24.5 Å². The predicted molar refractivity (Wildman–Crippen MR) is 87.5 cm³/mol. The third-order valence-electron chi connectivity index (χ3n) is 3.80. The summed E-state index contributed by atoms with van der Waals surface area (Å²) in [5.74, 6) is -0.702. The summed E-state index contributed by atoms with van der Waals surface area (Å²) in [5.41, 5.74) is 0.932. The minimum Gasteiger partial charge on any atom is -0.495 e. The fourth-order valence-corrected chi connectivity index (χ4v) is 2.56. The average Bonchev–Trinajstić information content (AvgIpc) is 2.93. The number of carboxylic acid groups (broad SMARTS) is 1. The molecule has 1 aromatic heterocycles. The maximum Gasteiger partial charge on any atom is 0.326 e. The van der Waals surface area contributed by atoms with E-state index in [0.29, 0.717) is 6.54 Å². The van der Waals surface area contributed by atoms with Gasteiger partial charge in [-0.2, -0.15) is 0 Å². The molecule has 1 aromatic carbocycles. The summed E-state index contributed by atoms with van der Waals surface area (Å²) >= 11 is 0. The molecule has 124 valence electrons. The van der Waals surface area contributed by atoms with Crippen LogP contribution in [0, 0.1) is 5.92 Å². The quantitative estimate of drug-likeness (QED) is 0.820. The van der Waals surface area contributed by atoms with E-state index < -0.39 is 12.0 Å². The van der Waals surface area contributed by atoms with E-state index in [2.05, 4.69) is 5.32 Å². The first kappa shape index (κ1) is 16.9. The summed E-state index contributed by atoms with van der Waals surface area (Å²) < 4.78 is 7.30. The smallest absolute Gasteiger partial charge is 0.326 e. The molecule has 1 amide bonds. The van der Waals surface area contributed by atoms with Crippen LogP contribution in [0.4, 0.5) is 0 Å². The van der Waals surface area contributed by atoms with Crippen molar-refractivity contribution in [2.24, 2.45) is 5.92 Å². The van der Waals surface area contributed by atoms with Gasteiger partial charge in [0.05, 0.1) is 12.6 Å². The molecule has 0 aliphatic carbocycles. The monoisotopic (exact) mass is 318 g/mol. The van der Waals surface area contributed by atoms with E-state index in [9.17, 15) is 9.59 Å². The van der Waals surface area contributed by atoms with Gasteiger partial charge >= 0.3 is 5.97 Å². The van der Waals surface area contributed by atoms with Gasteiger partial charge in [-0.05, 0) is 18.1 Å². The number of ether oxygens (including phenoxy) is 1. The molecule has 0 aliphatic rings. The first-order chi connectivity index (χ1) is 10.9. The normalized spacial score (nSPS) is 12.3. The van der Waals surface area contributed by atoms with Crippen molar-refractivity contribution in [2.75, 3.05) is 7.11 Å². The van der Waals surface area contributed by atoms with Crippen LogP contribution in [0.3, 0.4) is 0 Å². The van der Waals surface area contributed by atoms with E-state index in [4.69, 9.17) is 9.84 Å². The number of carbonyl (C=O) groups excluding carboxylic acids is 1. The number of aryl methyl sites for hydroxylation is 1. The third kappa shape index (κ3) is 3.83. The van der Waals surface area contributed by atoms with Crippen molar-refractivity contribution in [3.05, 3.63) is 30.5 Å². The molecule has 0 aliphatic heterocycles. The fraction of sp³-hybridized carbons (Fsp3) is 0.412. The summed E-state index contributed by atoms with van der Waals surface area (Å²) in [6.07, 6.45) is 2.11. The van der Waals surface area contributed by atoms with Crippen molar-refractivity contribution in [1.82, 2.24) is 9.88 Å². The Morgan fingerprint density at radius 3 is 2.65 bits per heavy atom. The Bertz CT molecular complexity index is 706. The van der Waals surface area contributed by atoms with Gasteiger partial charge < -0.3 is 19.7 Å². The van der Waals surface area contributed by atoms with Crippen LogP contribution < -0.4 is 10.1 Å². The molecule has 23 heavy (non-hydrogen) atoms. The number of carboxylic acids is 1. The number of hydrogen-bond acceptors (Lipinski definition) is 3. The molecule has 2 N–H and O–H groups in total. The number of benzene rings is 1. The molecular formula is C17H22N2O4. The lowest BCUT2D eigenvalue weighted by molar-refractivity contribution is -0.143. The van der Waals surface area contributed by atoms with Gasteiger partial charge in [-0.15, -0.1) is 0 Å². The first-order valence-electron chi connectivity index (χ1n) is 7.58. The van der Waals surface area contributed by atoms with Gasteiger partial charge in [0.1, 0.15) is 11.8 Å². The van der Waals surface area contributed by atoms with Crippen LogP contribution in [0.2, 0.25) is 0 Å². The van der Waals surface area contributed by atoms with E-state index in [1.165, 1.54) is 0 Å². The Kier molecular flexibility index (Phi) is 5.26. The summed E-state index contributed by atoms with van der Waals surface area (Å²) in [6.45, 7) is 3.99.